The lowest BCUT2D eigenvalue weighted by Gasteiger charge is -2.05. The Kier molecular flexibility index (Phi) is 3.55. The van der Waals surface area contributed by atoms with Gasteiger partial charge in [0.1, 0.15) is 0 Å². The molecule has 0 fully saturated rings. The third kappa shape index (κ3) is 3.15. The van der Waals surface area contributed by atoms with Gasteiger partial charge in [-0.25, -0.2) is 4.68 Å². The molecule has 0 saturated carbocycles. The zero-order valence-electron chi connectivity index (χ0n) is 8.64. The van der Waals surface area contributed by atoms with Gasteiger partial charge in [-0.3, -0.25) is 0 Å². The molecule has 0 aromatic carbocycles. The molecule has 0 unspecified atom stereocenters. The van der Waals surface area contributed by atoms with E-state index in [2.05, 4.69) is 31.9 Å². The van der Waals surface area contributed by atoms with Gasteiger partial charge >= 0.3 is 0 Å². The van der Waals surface area contributed by atoms with Crippen molar-refractivity contribution in [2.75, 3.05) is 11.9 Å². The average Bonchev–Trinajstić information content (AvgIpc) is 2.79. The summed E-state index contributed by atoms with van der Waals surface area (Å²) in [5.74, 6) is 0.648. The molecule has 2 aromatic rings. The number of hydrogen-bond donors (Lipinski definition) is 1. The smallest absolute Gasteiger partial charge is 0.256 e. The Balaban J connectivity index is 2.26. The van der Waals surface area contributed by atoms with Crippen molar-refractivity contribution in [3.05, 3.63) is 35.4 Å². The fourth-order valence-corrected chi connectivity index (χ4v) is 1.31. The summed E-state index contributed by atoms with van der Waals surface area (Å²) in [5, 5.41) is 7.39. The summed E-state index contributed by atoms with van der Waals surface area (Å²) in [6.07, 6.45) is 3.32. The molecular weight excluding hydrogens is 263 g/mol. The molecule has 0 aliphatic carbocycles. The topological polar surface area (TPSA) is 68.5 Å². The van der Waals surface area contributed by atoms with Crippen LogP contribution in [0.4, 0.5) is 5.95 Å². The summed E-state index contributed by atoms with van der Waals surface area (Å²) >= 11 is 11.4. The summed E-state index contributed by atoms with van der Waals surface area (Å²) in [7, 11) is 0. The van der Waals surface area contributed by atoms with Crippen molar-refractivity contribution in [1.29, 1.82) is 0 Å². The molecule has 2 heterocycles. The minimum atomic E-state index is 0.0770. The fourth-order valence-electron chi connectivity index (χ4n) is 1.08. The third-order valence-corrected chi connectivity index (χ3v) is 2.05. The van der Waals surface area contributed by atoms with Crippen molar-refractivity contribution >= 4 is 29.2 Å². The van der Waals surface area contributed by atoms with Crippen LogP contribution >= 0.6 is 23.2 Å². The Bertz CT molecular complexity index is 524. The van der Waals surface area contributed by atoms with E-state index in [1.165, 1.54) is 4.68 Å². The van der Waals surface area contributed by atoms with E-state index in [1.54, 1.807) is 18.5 Å². The van der Waals surface area contributed by atoms with Crippen LogP contribution in [-0.2, 0) is 0 Å². The van der Waals surface area contributed by atoms with Crippen molar-refractivity contribution in [3.63, 3.8) is 0 Å². The van der Waals surface area contributed by atoms with Gasteiger partial charge in [-0.1, -0.05) is 18.2 Å². The van der Waals surface area contributed by atoms with Gasteiger partial charge in [-0.15, -0.1) is 0 Å². The van der Waals surface area contributed by atoms with Crippen LogP contribution in [0.5, 0.6) is 0 Å². The van der Waals surface area contributed by atoms with Gasteiger partial charge in [-0.05, 0) is 17.7 Å². The van der Waals surface area contributed by atoms with Crippen LogP contribution in [0, 0.1) is 0 Å². The average molecular weight is 271 g/mol. The largest absolute Gasteiger partial charge is 0.349 e. The Morgan fingerprint density at radius 1 is 1.41 bits per heavy atom. The summed E-state index contributed by atoms with van der Waals surface area (Å²) in [4.78, 5) is 12.0. The van der Waals surface area contributed by atoms with E-state index >= 15 is 0 Å². The number of nitrogens with one attached hydrogen (secondary N) is 1. The van der Waals surface area contributed by atoms with Crippen LogP contribution in [0.25, 0.3) is 5.95 Å². The molecule has 0 amide bonds. The number of nitrogens with zero attached hydrogens (tertiary/aromatic N) is 5. The second-order valence-electron chi connectivity index (χ2n) is 3.05. The summed E-state index contributed by atoms with van der Waals surface area (Å²) in [5.41, 5.74) is 0. The second-order valence-corrected chi connectivity index (χ2v) is 3.92. The van der Waals surface area contributed by atoms with Crippen LogP contribution in [0.2, 0.25) is 5.28 Å². The second kappa shape index (κ2) is 5.11. The van der Waals surface area contributed by atoms with Crippen molar-refractivity contribution < 1.29 is 0 Å². The van der Waals surface area contributed by atoms with Crippen LogP contribution in [0.15, 0.2) is 30.1 Å². The summed E-state index contributed by atoms with van der Waals surface area (Å²) < 4.78 is 1.48. The molecule has 1 N–H and O–H groups in total. The predicted octanol–water partition coefficient (Wildman–Crippen LogP) is 1.88. The molecule has 0 saturated heterocycles. The van der Waals surface area contributed by atoms with E-state index in [0.29, 0.717) is 23.5 Å². The number of halogens is 2. The highest BCUT2D eigenvalue weighted by Crippen LogP contribution is 2.09. The van der Waals surface area contributed by atoms with E-state index in [4.69, 9.17) is 23.2 Å². The first-order chi connectivity index (χ1) is 8.15. The molecule has 0 atom stereocenters. The molecule has 0 spiro atoms. The van der Waals surface area contributed by atoms with Gasteiger partial charge in [0.05, 0.1) is 6.54 Å². The van der Waals surface area contributed by atoms with Gasteiger partial charge in [0.25, 0.3) is 5.95 Å². The van der Waals surface area contributed by atoms with Gasteiger partial charge in [-0.2, -0.15) is 20.1 Å². The first-order valence-electron chi connectivity index (χ1n) is 4.64. The highest BCUT2D eigenvalue weighted by Gasteiger charge is 2.06. The van der Waals surface area contributed by atoms with E-state index in [9.17, 15) is 0 Å². The zero-order valence-corrected chi connectivity index (χ0v) is 10.2. The number of anilines is 1. The standard InChI is InChI=1S/C9H8Cl2N6/c1-6(10)5-12-8-14-7(11)15-9(16-8)17-4-2-3-13-17/h2-4H,1,5H2,(H,12,14,15,16). The van der Waals surface area contributed by atoms with Gasteiger partial charge in [0, 0.05) is 17.4 Å². The van der Waals surface area contributed by atoms with E-state index in [1.807, 2.05) is 0 Å². The van der Waals surface area contributed by atoms with Crippen molar-refractivity contribution in [1.82, 2.24) is 24.7 Å². The lowest BCUT2D eigenvalue weighted by Crippen LogP contribution is -2.10. The Labute approximate surface area is 107 Å². The molecule has 0 bridgehead atoms. The molecule has 17 heavy (non-hydrogen) atoms. The van der Waals surface area contributed by atoms with Gasteiger partial charge < -0.3 is 5.32 Å². The zero-order chi connectivity index (χ0) is 12.3. The maximum Gasteiger partial charge on any atom is 0.256 e. The van der Waals surface area contributed by atoms with Crippen molar-refractivity contribution in [2.24, 2.45) is 0 Å². The van der Waals surface area contributed by atoms with E-state index in [0.717, 1.165) is 0 Å². The number of hydrogen-bond acceptors (Lipinski definition) is 5. The first kappa shape index (κ1) is 11.8. The van der Waals surface area contributed by atoms with E-state index in [-0.39, 0.29) is 5.28 Å². The molecule has 0 aliphatic heterocycles. The minimum Gasteiger partial charge on any atom is -0.349 e. The maximum absolute atomic E-state index is 5.78. The van der Waals surface area contributed by atoms with E-state index < -0.39 is 0 Å². The Morgan fingerprint density at radius 2 is 2.24 bits per heavy atom. The third-order valence-electron chi connectivity index (χ3n) is 1.74. The molecule has 2 aromatic heterocycles. The predicted molar refractivity (Wildman–Crippen MR) is 65.4 cm³/mol. The van der Waals surface area contributed by atoms with Crippen molar-refractivity contribution in [3.8, 4) is 5.95 Å². The van der Waals surface area contributed by atoms with Crippen LogP contribution in [0.1, 0.15) is 0 Å². The van der Waals surface area contributed by atoms with Crippen LogP contribution in [0.3, 0.4) is 0 Å². The SMILES string of the molecule is C=C(Cl)CNc1nc(Cl)nc(-n2cccn2)n1. The molecule has 88 valence electrons. The van der Waals surface area contributed by atoms with Crippen LogP contribution in [-0.4, -0.2) is 31.3 Å². The molecule has 8 heteroatoms. The Hall–Kier alpha value is -1.66. The van der Waals surface area contributed by atoms with Gasteiger partial charge in [0.15, 0.2) is 0 Å². The van der Waals surface area contributed by atoms with Crippen LogP contribution < -0.4 is 5.32 Å². The number of rotatable bonds is 4. The first-order valence-corrected chi connectivity index (χ1v) is 5.39. The van der Waals surface area contributed by atoms with Crippen molar-refractivity contribution in [2.45, 2.75) is 0 Å². The lowest BCUT2D eigenvalue weighted by atomic mass is 10.6. The fraction of sp³-hybridized carbons (Fsp3) is 0.111. The molecule has 6 nitrogen and oxygen atoms in total. The molecule has 0 aliphatic rings. The maximum atomic E-state index is 5.78. The number of aromatic nitrogens is 5. The molecular formula is C9H8Cl2N6. The lowest BCUT2D eigenvalue weighted by molar-refractivity contribution is 0.796. The highest BCUT2D eigenvalue weighted by molar-refractivity contribution is 6.29. The van der Waals surface area contributed by atoms with Gasteiger partial charge in [0.2, 0.25) is 11.2 Å². The highest BCUT2D eigenvalue weighted by atomic mass is 35.5. The monoisotopic (exact) mass is 270 g/mol. The quantitative estimate of drug-likeness (QED) is 0.919. The molecule has 0 radical (unpaired) electrons. The summed E-state index contributed by atoms with van der Waals surface area (Å²) in [6.45, 7) is 3.89. The summed E-state index contributed by atoms with van der Waals surface area (Å²) in [6, 6.07) is 1.76. The molecule has 2 rings (SSSR count). The minimum absolute atomic E-state index is 0.0770. The normalized spacial score (nSPS) is 10.2. The Morgan fingerprint density at radius 3 is 2.88 bits per heavy atom.